The van der Waals surface area contributed by atoms with Crippen LogP contribution in [0.15, 0.2) is 28.5 Å². The Morgan fingerprint density at radius 2 is 1.75 bits per heavy atom. The second kappa shape index (κ2) is 3.34. The maximum Gasteiger partial charge on any atom is 0.179 e. The van der Waals surface area contributed by atoms with Gasteiger partial charge in [0.2, 0.25) is 0 Å². The Kier molecular flexibility index (Phi) is 2.43. The zero-order chi connectivity index (χ0) is 9.14. The number of carbonyl (C=O) groups excluding carboxylic acids is 1. The summed E-state index contributed by atoms with van der Waals surface area (Å²) >= 11 is 0. The highest BCUT2D eigenvalue weighted by atomic mass is 16.6. The molecule has 0 saturated heterocycles. The van der Waals surface area contributed by atoms with Gasteiger partial charge in [-0.2, -0.15) is 0 Å². The third kappa shape index (κ3) is 1.61. The maximum atomic E-state index is 11.0. The van der Waals surface area contributed by atoms with Crippen LogP contribution in [0.3, 0.4) is 0 Å². The van der Waals surface area contributed by atoms with Crippen molar-refractivity contribution in [1.29, 1.82) is 0 Å². The molecule has 0 fully saturated rings. The van der Waals surface area contributed by atoms with Crippen LogP contribution < -0.4 is 0 Å². The number of nitrogens with zero attached hydrogens (tertiary/aromatic N) is 1. The third-order valence-corrected chi connectivity index (χ3v) is 1.65. The number of oxime groups is 1. The van der Waals surface area contributed by atoms with Crippen LogP contribution >= 0.6 is 0 Å². The van der Waals surface area contributed by atoms with Crippen molar-refractivity contribution in [3.8, 4) is 0 Å². The smallest absolute Gasteiger partial charge is 0.179 e. The number of hydrogen-bond donors (Lipinski definition) is 0. The number of carbonyl (C=O) groups is 1. The van der Waals surface area contributed by atoms with Crippen LogP contribution in [0.4, 0.5) is 0 Å². The molecule has 3 nitrogen and oxygen atoms in total. The van der Waals surface area contributed by atoms with Crippen LogP contribution in [-0.2, 0) is 9.63 Å². The van der Waals surface area contributed by atoms with Gasteiger partial charge >= 0.3 is 0 Å². The first-order chi connectivity index (χ1) is 5.65. The van der Waals surface area contributed by atoms with Crippen LogP contribution in [0, 0.1) is 0 Å². The Balaban J connectivity index is 3.04. The fourth-order valence-corrected chi connectivity index (χ4v) is 1.15. The van der Waals surface area contributed by atoms with Crippen molar-refractivity contribution in [3.05, 3.63) is 23.3 Å². The number of allylic oxidation sites excluding steroid dienone is 4. The summed E-state index contributed by atoms with van der Waals surface area (Å²) in [5.74, 6) is 0.0139. The van der Waals surface area contributed by atoms with Gasteiger partial charge < -0.3 is 4.84 Å². The number of rotatable bonds is 1. The summed E-state index contributed by atoms with van der Waals surface area (Å²) in [6.07, 6.45) is 3.09. The standard InChI is InChI=1S/C9H11NO2/c1-6-4-8(11)5-7(2)9(6)10-12-3/h4-5H,1-3H3. The van der Waals surface area contributed by atoms with Gasteiger partial charge in [0.25, 0.3) is 0 Å². The first kappa shape index (κ1) is 8.71. The molecule has 0 saturated carbocycles. The van der Waals surface area contributed by atoms with Crippen molar-refractivity contribution in [3.63, 3.8) is 0 Å². The zero-order valence-electron chi connectivity index (χ0n) is 7.42. The minimum Gasteiger partial charge on any atom is -0.399 e. The molecular formula is C9H11NO2. The van der Waals surface area contributed by atoms with E-state index < -0.39 is 0 Å². The van der Waals surface area contributed by atoms with Crippen molar-refractivity contribution in [2.45, 2.75) is 13.8 Å². The second-order valence-electron chi connectivity index (χ2n) is 2.68. The van der Waals surface area contributed by atoms with Crippen molar-refractivity contribution in [1.82, 2.24) is 0 Å². The van der Waals surface area contributed by atoms with E-state index in [1.807, 2.05) is 13.8 Å². The van der Waals surface area contributed by atoms with E-state index in [0.29, 0.717) is 0 Å². The predicted molar refractivity (Wildman–Crippen MR) is 47.0 cm³/mol. The van der Waals surface area contributed by atoms with Gasteiger partial charge in [0.1, 0.15) is 12.8 Å². The molecule has 0 radical (unpaired) electrons. The van der Waals surface area contributed by atoms with E-state index >= 15 is 0 Å². The Bertz CT molecular complexity index is 274. The van der Waals surface area contributed by atoms with Crippen molar-refractivity contribution < 1.29 is 9.63 Å². The van der Waals surface area contributed by atoms with E-state index in [0.717, 1.165) is 16.9 Å². The minimum absolute atomic E-state index is 0.0139. The molecule has 0 aromatic rings. The van der Waals surface area contributed by atoms with Gasteiger partial charge in [-0.1, -0.05) is 5.16 Å². The van der Waals surface area contributed by atoms with Crippen LogP contribution in [0.25, 0.3) is 0 Å². The van der Waals surface area contributed by atoms with E-state index in [1.54, 1.807) is 12.2 Å². The Morgan fingerprint density at radius 1 is 1.25 bits per heavy atom. The lowest BCUT2D eigenvalue weighted by atomic mass is 9.98. The summed E-state index contributed by atoms with van der Waals surface area (Å²) in [6, 6.07) is 0. The van der Waals surface area contributed by atoms with Gasteiger partial charge in [0, 0.05) is 0 Å². The fraction of sp³-hybridized carbons (Fsp3) is 0.333. The van der Waals surface area contributed by atoms with Crippen LogP contribution in [0.2, 0.25) is 0 Å². The summed E-state index contributed by atoms with van der Waals surface area (Å²) in [6.45, 7) is 3.68. The molecule has 1 rings (SSSR count). The van der Waals surface area contributed by atoms with Gasteiger partial charge in [0.15, 0.2) is 5.78 Å². The SMILES string of the molecule is CON=C1C(C)=CC(=O)C=C1C. The third-order valence-electron chi connectivity index (χ3n) is 1.65. The van der Waals surface area contributed by atoms with Crippen LogP contribution in [-0.4, -0.2) is 18.6 Å². The Labute approximate surface area is 71.4 Å². The van der Waals surface area contributed by atoms with E-state index in [4.69, 9.17) is 0 Å². The number of hydrogen-bond acceptors (Lipinski definition) is 3. The molecule has 0 aromatic carbocycles. The molecule has 0 unspecified atom stereocenters. The summed E-state index contributed by atoms with van der Waals surface area (Å²) in [4.78, 5) is 15.6. The largest absolute Gasteiger partial charge is 0.399 e. The van der Waals surface area contributed by atoms with Crippen molar-refractivity contribution >= 4 is 11.5 Å². The lowest BCUT2D eigenvalue weighted by Crippen LogP contribution is -2.11. The molecule has 0 bridgehead atoms. The summed E-state index contributed by atoms with van der Waals surface area (Å²) in [7, 11) is 1.49. The average molecular weight is 165 g/mol. The van der Waals surface area contributed by atoms with E-state index in [-0.39, 0.29) is 5.78 Å². The monoisotopic (exact) mass is 165 g/mol. The molecule has 0 aliphatic heterocycles. The first-order valence-corrected chi connectivity index (χ1v) is 3.67. The van der Waals surface area contributed by atoms with Crippen molar-refractivity contribution in [2.24, 2.45) is 5.16 Å². The maximum absolute atomic E-state index is 11.0. The molecule has 3 heteroatoms. The molecule has 0 spiro atoms. The quantitative estimate of drug-likeness (QED) is 0.436. The molecule has 12 heavy (non-hydrogen) atoms. The molecule has 0 atom stereocenters. The molecule has 1 aliphatic carbocycles. The van der Waals surface area contributed by atoms with Gasteiger partial charge in [-0.25, -0.2) is 0 Å². The minimum atomic E-state index is 0.0139. The molecule has 0 amide bonds. The predicted octanol–water partition coefficient (Wildman–Crippen LogP) is 1.46. The lowest BCUT2D eigenvalue weighted by Gasteiger charge is -2.09. The number of ketones is 1. The first-order valence-electron chi connectivity index (χ1n) is 3.67. The molecule has 1 aliphatic rings. The van der Waals surface area contributed by atoms with Gasteiger partial charge in [-0.05, 0) is 37.1 Å². The molecule has 0 heterocycles. The summed E-state index contributed by atoms with van der Waals surface area (Å²) in [5, 5.41) is 3.81. The highest BCUT2D eigenvalue weighted by Crippen LogP contribution is 2.13. The van der Waals surface area contributed by atoms with Gasteiger partial charge in [0.05, 0.1) is 0 Å². The molecular weight excluding hydrogens is 154 g/mol. The fourth-order valence-electron chi connectivity index (χ4n) is 1.15. The van der Waals surface area contributed by atoms with Gasteiger partial charge in [-0.3, -0.25) is 4.79 Å². The van der Waals surface area contributed by atoms with Gasteiger partial charge in [-0.15, -0.1) is 0 Å². The molecule has 64 valence electrons. The second-order valence-corrected chi connectivity index (χ2v) is 2.68. The molecule has 0 aromatic heterocycles. The lowest BCUT2D eigenvalue weighted by molar-refractivity contribution is -0.110. The van der Waals surface area contributed by atoms with E-state index in [9.17, 15) is 4.79 Å². The highest BCUT2D eigenvalue weighted by molar-refractivity contribution is 6.21. The topological polar surface area (TPSA) is 38.7 Å². The average Bonchev–Trinajstić information content (AvgIpc) is 1.96. The summed E-state index contributed by atoms with van der Waals surface area (Å²) in [5.41, 5.74) is 2.45. The highest BCUT2D eigenvalue weighted by Gasteiger charge is 2.13. The van der Waals surface area contributed by atoms with Crippen LogP contribution in [0.1, 0.15) is 13.8 Å². The Hall–Kier alpha value is -1.38. The van der Waals surface area contributed by atoms with Crippen molar-refractivity contribution in [2.75, 3.05) is 7.11 Å². The van der Waals surface area contributed by atoms with E-state index in [2.05, 4.69) is 9.99 Å². The van der Waals surface area contributed by atoms with Crippen LogP contribution in [0.5, 0.6) is 0 Å². The zero-order valence-corrected chi connectivity index (χ0v) is 7.42. The normalized spacial score (nSPS) is 16.9. The van der Waals surface area contributed by atoms with E-state index in [1.165, 1.54) is 7.11 Å². The molecule has 0 N–H and O–H groups in total. The Morgan fingerprint density at radius 3 is 2.17 bits per heavy atom. The summed E-state index contributed by atoms with van der Waals surface area (Å²) < 4.78 is 0.